The van der Waals surface area contributed by atoms with Gasteiger partial charge in [-0.25, -0.2) is 0 Å². The third-order valence-electron chi connectivity index (χ3n) is 4.70. The molecule has 2 aliphatic carbocycles. The van der Waals surface area contributed by atoms with E-state index in [-0.39, 0.29) is 0 Å². The third kappa shape index (κ3) is 2.80. The van der Waals surface area contributed by atoms with E-state index in [1.165, 1.54) is 44.9 Å². The molecule has 1 heterocycles. The standard InChI is InChI=1S/C16H25NS/c1-16(2)8-6-13(7-9-16)17-11-14-10-12-4-3-5-15(12)18-14/h10,13,17H,3-9,11H2,1-2H3. The highest BCUT2D eigenvalue weighted by atomic mass is 32.1. The Hall–Kier alpha value is -0.340. The Balaban J connectivity index is 1.49. The molecule has 1 N–H and O–H groups in total. The highest BCUT2D eigenvalue weighted by molar-refractivity contribution is 7.12. The maximum atomic E-state index is 3.77. The summed E-state index contributed by atoms with van der Waals surface area (Å²) in [6.45, 7) is 5.92. The molecule has 3 rings (SSSR count). The van der Waals surface area contributed by atoms with Gasteiger partial charge < -0.3 is 5.32 Å². The highest BCUT2D eigenvalue weighted by Gasteiger charge is 2.26. The minimum absolute atomic E-state index is 0.586. The van der Waals surface area contributed by atoms with Crippen molar-refractivity contribution < 1.29 is 0 Å². The molecule has 0 amide bonds. The van der Waals surface area contributed by atoms with Crippen LogP contribution >= 0.6 is 11.3 Å². The van der Waals surface area contributed by atoms with Crippen LogP contribution in [-0.2, 0) is 19.4 Å². The van der Waals surface area contributed by atoms with Crippen molar-refractivity contribution in [2.75, 3.05) is 0 Å². The Morgan fingerprint density at radius 3 is 2.78 bits per heavy atom. The average Bonchev–Trinajstić information content (AvgIpc) is 2.88. The number of hydrogen-bond acceptors (Lipinski definition) is 2. The van der Waals surface area contributed by atoms with E-state index >= 15 is 0 Å². The molecule has 0 spiro atoms. The summed E-state index contributed by atoms with van der Waals surface area (Å²) in [4.78, 5) is 3.22. The molecule has 1 saturated carbocycles. The van der Waals surface area contributed by atoms with Crippen molar-refractivity contribution in [2.24, 2.45) is 5.41 Å². The second-order valence-electron chi connectivity index (χ2n) is 6.83. The normalized spacial score (nSPS) is 23.2. The first kappa shape index (κ1) is 12.7. The number of rotatable bonds is 3. The van der Waals surface area contributed by atoms with Crippen molar-refractivity contribution in [1.29, 1.82) is 0 Å². The second kappa shape index (κ2) is 4.97. The minimum Gasteiger partial charge on any atom is -0.309 e. The molecule has 18 heavy (non-hydrogen) atoms. The molecule has 0 atom stereocenters. The predicted molar refractivity (Wildman–Crippen MR) is 79.2 cm³/mol. The molecule has 1 nitrogen and oxygen atoms in total. The first-order valence-corrected chi connectivity index (χ1v) is 8.28. The van der Waals surface area contributed by atoms with E-state index in [1.54, 1.807) is 15.3 Å². The van der Waals surface area contributed by atoms with Gasteiger partial charge in [-0.15, -0.1) is 11.3 Å². The van der Waals surface area contributed by atoms with Crippen LogP contribution in [0.5, 0.6) is 0 Å². The smallest absolute Gasteiger partial charge is 0.0302 e. The SMILES string of the molecule is CC1(C)CCC(NCc2cc3c(s2)CCC3)CC1. The van der Waals surface area contributed by atoms with Crippen LogP contribution in [0.25, 0.3) is 0 Å². The summed E-state index contributed by atoms with van der Waals surface area (Å²) in [6.07, 6.45) is 9.51. The maximum Gasteiger partial charge on any atom is 0.0302 e. The largest absolute Gasteiger partial charge is 0.309 e. The lowest BCUT2D eigenvalue weighted by molar-refractivity contribution is 0.206. The van der Waals surface area contributed by atoms with E-state index in [0.29, 0.717) is 5.41 Å². The molecule has 0 saturated heterocycles. The topological polar surface area (TPSA) is 12.0 Å². The van der Waals surface area contributed by atoms with E-state index in [9.17, 15) is 0 Å². The summed E-state index contributed by atoms with van der Waals surface area (Å²) in [7, 11) is 0. The first-order valence-electron chi connectivity index (χ1n) is 7.46. The van der Waals surface area contributed by atoms with E-state index in [0.717, 1.165) is 12.6 Å². The molecule has 1 aromatic rings. The van der Waals surface area contributed by atoms with Crippen LogP contribution in [0.3, 0.4) is 0 Å². The van der Waals surface area contributed by atoms with Gasteiger partial charge in [0.25, 0.3) is 0 Å². The van der Waals surface area contributed by atoms with Crippen LogP contribution < -0.4 is 5.32 Å². The van der Waals surface area contributed by atoms with E-state index in [1.807, 2.05) is 11.3 Å². The molecule has 1 fully saturated rings. The van der Waals surface area contributed by atoms with Crippen LogP contribution in [-0.4, -0.2) is 6.04 Å². The molecular weight excluding hydrogens is 238 g/mol. The Bertz CT molecular complexity index is 387. The minimum atomic E-state index is 0.586. The van der Waals surface area contributed by atoms with Gasteiger partial charge in [0.15, 0.2) is 0 Å². The molecule has 100 valence electrons. The molecule has 1 aromatic heterocycles. The summed E-state index contributed by atoms with van der Waals surface area (Å²) in [5.74, 6) is 0. The monoisotopic (exact) mass is 263 g/mol. The van der Waals surface area contributed by atoms with E-state index in [4.69, 9.17) is 0 Å². The first-order chi connectivity index (χ1) is 8.62. The quantitative estimate of drug-likeness (QED) is 0.857. The molecule has 2 aliphatic rings. The van der Waals surface area contributed by atoms with Gasteiger partial charge in [-0.1, -0.05) is 13.8 Å². The summed E-state index contributed by atoms with van der Waals surface area (Å²) in [5, 5.41) is 3.77. The van der Waals surface area contributed by atoms with Crippen molar-refractivity contribution in [3.63, 3.8) is 0 Å². The van der Waals surface area contributed by atoms with Crippen LogP contribution in [0.4, 0.5) is 0 Å². The van der Waals surface area contributed by atoms with E-state index in [2.05, 4.69) is 25.2 Å². The molecular formula is C16H25NS. The Labute approximate surface area is 115 Å². The summed E-state index contributed by atoms with van der Waals surface area (Å²) in [5.41, 5.74) is 2.23. The van der Waals surface area contributed by atoms with Crippen molar-refractivity contribution in [1.82, 2.24) is 5.32 Å². The molecule has 0 aliphatic heterocycles. The Morgan fingerprint density at radius 2 is 2.06 bits per heavy atom. The van der Waals surface area contributed by atoms with E-state index < -0.39 is 0 Å². The lowest BCUT2D eigenvalue weighted by Crippen LogP contribution is -2.34. The average molecular weight is 263 g/mol. The Morgan fingerprint density at radius 1 is 1.28 bits per heavy atom. The number of hydrogen-bond donors (Lipinski definition) is 1. The molecule has 0 aromatic carbocycles. The molecule has 0 unspecified atom stereocenters. The number of aryl methyl sites for hydroxylation is 2. The van der Waals surface area contributed by atoms with Crippen LogP contribution in [0.15, 0.2) is 6.07 Å². The number of nitrogens with one attached hydrogen (secondary N) is 1. The Kier molecular flexibility index (Phi) is 3.50. The van der Waals surface area contributed by atoms with Gasteiger partial charge in [0.1, 0.15) is 0 Å². The third-order valence-corrected chi connectivity index (χ3v) is 5.94. The lowest BCUT2D eigenvalue weighted by atomic mass is 9.75. The van der Waals surface area contributed by atoms with Gasteiger partial charge in [-0.2, -0.15) is 0 Å². The molecule has 0 radical (unpaired) electrons. The van der Waals surface area contributed by atoms with Crippen molar-refractivity contribution >= 4 is 11.3 Å². The predicted octanol–water partition coefficient (Wildman–Crippen LogP) is 4.30. The van der Waals surface area contributed by atoms with Crippen LogP contribution in [0.2, 0.25) is 0 Å². The zero-order valence-corrected chi connectivity index (χ0v) is 12.5. The number of fused-ring (bicyclic) bond motifs is 1. The van der Waals surface area contributed by atoms with Gasteiger partial charge in [-0.05, 0) is 62.0 Å². The van der Waals surface area contributed by atoms with Crippen molar-refractivity contribution in [3.8, 4) is 0 Å². The van der Waals surface area contributed by atoms with Gasteiger partial charge in [-0.3, -0.25) is 0 Å². The van der Waals surface area contributed by atoms with Crippen LogP contribution in [0, 0.1) is 5.41 Å². The van der Waals surface area contributed by atoms with Crippen molar-refractivity contribution in [2.45, 2.75) is 71.4 Å². The fourth-order valence-corrected chi connectivity index (χ4v) is 4.54. The lowest BCUT2D eigenvalue weighted by Gasteiger charge is -2.34. The summed E-state index contributed by atoms with van der Waals surface area (Å²) >= 11 is 2.05. The zero-order valence-electron chi connectivity index (χ0n) is 11.7. The highest BCUT2D eigenvalue weighted by Crippen LogP contribution is 2.35. The van der Waals surface area contributed by atoms with Crippen molar-refractivity contribution in [3.05, 3.63) is 21.4 Å². The summed E-state index contributed by atoms with van der Waals surface area (Å²) < 4.78 is 0. The molecule has 2 heteroatoms. The van der Waals surface area contributed by atoms with Gasteiger partial charge >= 0.3 is 0 Å². The van der Waals surface area contributed by atoms with Gasteiger partial charge in [0, 0.05) is 22.3 Å². The summed E-state index contributed by atoms with van der Waals surface area (Å²) in [6, 6.07) is 3.21. The zero-order chi connectivity index (χ0) is 12.6. The number of thiophene rings is 1. The fraction of sp³-hybridized carbons (Fsp3) is 0.750. The molecule has 0 bridgehead atoms. The second-order valence-corrected chi connectivity index (χ2v) is 8.06. The fourth-order valence-electron chi connectivity index (χ4n) is 3.33. The van der Waals surface area contributed by atoms with Crippen LogP contribution in [0.1, 0.15) is 61.3 Å². The maximum absolute atomic E-state index is 3.77. The van der Waals surface area contributed by atoms with Gasteiger partial charge in [0.2, 0.25) is 0 Å². The van der Waals surface area contributed by atoms with Gasteiger partial charge in [0.05, 0.1) is 0 Å².